The van der Waals surface area contributed by atoms with Crippen LogP contribution in [-0.4, -0.2) is 30.2 Å². The van der Waals surface area contributed by atoms with Crippen molar-refractivity contribution in [3.63, 3.8) is 0 Å². The molecule has 0 bridgehead atoms. The second-order valence-corrected chi connectivity index (χ2v) is 6.64. The van der Waals surface area contributed by atoms with Gasteiger partial charge in [0.15, 0.2) is 0 Å². The summed E-state index contributed by atoms with van der Waals surface area (Å²) in [6.07, 6.45) is 0. The molecule has 0 radical (unpaired) electrons. The minimum absolute atomic E-state index is 0.0362. The Morgan fingerprint density at radius 2 is 2.00 bits per heavy atom. The maximum absolute atomic E-state index is 12.1. The average Bonchev–Trinajstić information content (AvgIpc) is 2.52. The van der Waals surface area contributed by atoms with Gasteiger partial charge in [0.1, 0.15) is 6.04 Å². The summed E-state index contributed by atoms with van der Waals surface area (Å²) >= 11 is 1.66. The van der Waals surface area contributed by atoms with Crippen LogP contribution in [0, 0.1) is 17.2 Å². The first kappa shape index (κ1) is 19.0. The van der Waals surface area contributed by atoms with E-state index in [-0.39, 0.29) is 17.7 Å². The van der Waals surface area contributed by atoms with E-state index in [0.29, 0.717) is 12.1 Å². The Labute approximate surface area is 141 Å². The molecular formula is C17H23N3O2S. The number of nitrogens with one attached hydrogen (secondary N) is 2. The highest BCUT2D eigenvalue weighted by molar-refractivity contribution is 7.98. The second-order valence-electron chi connectivity index (χ2n) is 5.53. The molecule has 0 fully saturated rings. The molecule has 0 aliphatic heterocycles. The van der Waals surface area contributed by atoms with Crippen LogP contribution in [0.5, 0.6) is 0 Å². The number of benzene rings is 1. The zero-order chi connectivity index (χ0) is 17.2. The van der Waals surface area contributed by atoms with Gasteiger partial charge in [-0.05, 0) is 17.5 Å². The van der Waals surface area contributed by atoms with Crippen LogP contribution in [-0.2, 0) is 15.3 Å². The van der Waals surface area contributed by atoms with E-state index >= 15 is 0 Å². The Kier molecular flexibility index (Phi) is 8.20. The first-order chi connectivity index (χ1) is 11.0. The highest BCUT2D eigenvalue weighted by Gasteiger charge is 2.22. The number of nitrogens with zero attached hydrogens (tertiary/aromatic N) is 1. The van der Waals surface area contributed by atoms with Crippen molar-refractivity contribution in [3.8, 4) is 6.07 Å². The van der Waals surface area contributed by atoms with Gasteiger partial charge in [-0.15, -0.1) is 0 Å². The molecule has 5 nitrogen and oxygen atoms in total. The number of carbonyl (C=O) groups excluding carboxylic acids is 2. The number of hydrogen-bond acceptors (Lipinski definition) is 4. The van der Waals surface area contributed by atoms with Crippen molar-refractivity contribution in [3.05, 3.63) is 35.4 Å². The maximum atomic E-state index is 12.1. The van der Waals surface area contributed by atoms with Gasteiger partial charge < -0.3 is 10.6 Å². The molecule has 0 heterocycles. The lowest BCUT2D eigenvalue weighted by atomic mass is 10.0. The predicted molar refractivity (Wildman–Crippen MR) is 92.8 cm³/mol. The molecule has 0 aromatic heterocycles. The Bertz CT molecular complexity index is 581. The molecule has 1 unspecified atom stereocenters. The number of thioether (sulfide) groups is 1. The largest absolute Gasteiger partial charge is 0.353 e. The van der Waals surface area contributed by atoms with Gasteiger partial charge in [-0.2, -0.15) is 17.0 Å². The lowest BCUT2D eigenvalue weighted by Crippen LogP contribution is -2.49. The van der Waals surface area contributed by atoms with E-state index in [9.17, 15) is 9.59 Å². The molecule has 6 heteroatoms. The molecule has 23 heavy (non-hydrogen) atoms. The predicted octanol–water partition coefficient (Wildman–Crippen LogP) is 2.07. The van der Waals surface area contributed by atoms with E-state index in [0.717, 1.165) is 17.1 Å². The van der Waals surface area contributed by atoms with E-state index in [4.69, 9.17) is 5.26 Å². The zero-order valence-corrected chi connectivity index (χ0v) is 14.6. The quantitative estimate of drug-likeness (QED) is 0.714. The first-order valence-corrected chi connectivity index (χ1v) is 8.71. The number of carbonyl (C=O) groups is 2. The summed E-state index contributed by atoms with van der Waals surface area (Å²) in [5.41, 5.74) is 1.69. The zero-order valence-electron chi connectivity index (χ0n) is 13.8. The highest BCUT2D eigenvalue weighted by atomic mass is 32.2. The molecule has 0 spiro atoms. The summed E-state index contributed by atoms with van der Waals surface area (Å²) in [5.74, 6) is 1.15. The van der Waals surface area contributed by atoms with E-state index in [1.54, 1.807) is 17.8 Å². The Hall–Kier alpha value is -2.00. The number of hydrogen-bond donors (Lipinski definition) is 2. The van der Waals surface area contributed by atoms with Crippen molar-refractivity contribution in [1.29, 1.82) is 5.26 Å². The molecule has 0 aliphatic carbocycles. The van der Waals surface area contributed by atoms with Gasteiger partial charge in [0, 0.05) is 25.0 Å². The molecule has 1 rings (SSSR count). The molecular weight excluding hydrogens is 310 g/mol. The summed E-state index contributed by atoms with van der Waals surface area (Å²) in [5, 5.41) is 14.5. The van der Waals surface area contributed by atoms with Crippen molar-refractivity contribution in [2.45, 2.75) is 32.6 Å². The molecule has 1 aromatic rings. The molecule has 1 atom stereocenters. The van der Waals surface area contributed by atoms with E-state index in [2.05, 4.69) is 16.7 Å². The third-order valence-corrected chi connectivity index (χ3v) is 4.26. The minimum atomic E-state index is -0.503. The monoisotopic (exact) mass is 333 g/mol. The van der Waals surface area contributed by atoms with Gasteiger partial charge in [-0.3, -0.25) is 9.59 Å². The highest BCUT2D eigenvalue weighted by Crippen LogP contribution is 2.15. The van der Waals surface area contributed by atoms with Crippen LogP contribution in [0.1, 0.15) is 31.9 Å². The fraction of sp³-hybridized carbons (Fsp3) is 0.471. The van der Waals surface area contributed by atoms with Crippen LogP contribution >= 0.6 is 11.8 Å². The Morgan fingerprint density at radius 3 is 2.61 bits per heavy atom. The van der Waals surface area contributed by atoms with Crippen LogP contribution < -0.4 is 10.6 Å². The Morgan fingerprint density at radius 1 is 1.30 bits per heavy atom. The van der Waals surface area contributed by atoms with Crippen molar-refractivity contribution >= 4 is 23.6 Å². The number of amides is 2. The standard InChI is InChI=1S/C17H23N3O2S/c1-12(2)16(20-13(3)21)17(22)19-8-9-23-11-15-7-5-4-6-14(15)10-18/h4-7,12,16H,8-9,11H2,1-3H3,(H,19,22)(H,20,21). The van der Waals surface area contributed by atoms with E-state index in [1.807, 2.05) is 32.0 Å². The summed E-state index contributed by atoms with van der Waals surface area (Å²) < 4.78 is 0. The van der Waals surface area contributed by atoms with Gasteiger partial charge >= 0.3 is 0 Å². The lowest BCUT2D eigenvalue weighted by molar-refractivity contribution is -0.129. The van der Waals surface area contributed by atoms with Crippen molar-refractivity contribution in [2.24, 2.45) is 5.92 Å². The molecule has 124 valence electrons. The van der Waals surface area contributed by atoms with Crippen LogP contribution in [0.3, 0.4) is 0 Å². The van der Waals surface area contributed by atoms with Gasteiger partial charge in [-0.25, -0.2) is 0 Å². The Balaban J connectivity index is 2.35. The third kappa shape index (κ3) is 6.74. The van der Waals surface area contributed by atoms with Crippen LogP contribution in [0.15, 0.2) is 24.3 Å². The molecule has 0 saturated carbocycles. The van der Waals surface area contributed by atoms with Crippen molar-refractivity contribution < 1.29 is 9.59 Å². The summed E-state index contributed by atoms with van der Waals surface area (Å²) in [7, 11) is 0. The lowest BCUT2D eigenvalue weighted by Gasteiger charge is -2.20. The molecule has 0 aliphatic rings. The average molecular weight is 333 g/mol. The topological polar surface area (TPSA) is 82.0 Å². The van der Waals surface area contributed by atoms with E-state index in [1.165, 1.54) is 6.92 Å². The number of nitriles is 1. The van der Waals surface area contributed by atoms with Crippen LogP contribution in [0.25, 0.3) is 0 Å². The number of rotatable bonds is 8. The smallest absolute Gasteiger partial charge is 0.242 e. The molecule has 2 N–H and O–H groups in total. The molecule has 1 aromatic carbocycles. The van der Waals surface area contributed by atoms with Gasteiger partial charge in [0.25, 0.3) is 0 Å². The second kappa shape index (κ2) is 9.90. The first-order valence-electron chi connectivity index (χ1n) is 7.56. The van der Waals surface area contributed by atoms with Gasteiger partial charge in [0.05, 0.1) is 11.6 Å². The summed E-state index contributed by atoms with van der Waals surface area (Å²) in [4.78, 5) is 23.2. The fourth-order valence-corrected chi connectivity index (χ4v) is 2.91. The molecule has 0 saturated heterocycles. The minimum Gasteiger partial charge on any atom is -0.353 e. The van der Waals surface area contributed by atoms with Crippen molar-refractivity contribution in [1.82, 2.24) is 10.6 Å². The summed E-state index contributed by atoms with van der Waals surface area (Å²) in [6, 6.07) is 9.18. The van der Waals surface area contributed by atoms with Crippen LogP contribution in [0.2, 0.25) is 0 Å². The third-order valence-electron chi connectivity index (χ3n) is 3.25. The van der Waals surface area contributed by atoms with Crippen LogP contribution in [0.4, 0.5) is 0 Å². The van der Waals surface area contributed by atoms with Gasteiger partial charge in [-0.1, -0.05) is 32.0 Å². The fourth-order valence-electron chi connectivity index (χ4n) is 2.05. The van der Waals surface area contributed by atoms with Gasteiger partial charge in [0.2, 0.25) is 11.8 Å². The maximum Gasteiger partial charge on any atom is 0.242 e. The SMILES string of the molecule is CC(=O)NC(C(=O)NCCSCc1ccccc1C#N)C(C)C. The normalized spacial score (nSPS) is 11.6. The van der Waals surface area contributed by atoms with Crippen molar-refractivity contribution in [2.75, 3.05) is 12.3 Å². The van der Waals surface area contributed by atoms with E-state index < -0.39 is 6.04 Å². The summed E-state index contributed by atoms with van der Waals surface area (Å²) in [6.45, 7) is 5.73. The molecule has 2 amide bonds.